The SMILES string of the molecule is CCOC(=O)C(C(C)=O)=C1CCS(=O)(=O)CC1. The molecule has 0 unspecified atom stereocenters. The second-order valence-corrected chi connectivity index (χ2v) is 6.21. The molecular weight excluding hydrogens is 244 g/mol. The summed E-state index contributed by atoms with van der Waals surface area (Å²) in [5, 5.41) is 0. The molecule has 5 nitrogen and oxygen atoms in total. The number of hydrogen-bond acceptors (Lipinski definition) is 5. The van der Waals surface area contributed by atoms with Crippen LogP contribution in [0.3, 0.4) is 0 Å². The van der Waals surface area contributed by atoms with Crippen LogP contribution < -0.4 is 0 Å². The fourth-order valence-corrected chi connectivity index (χ4v) is 3.09. The molecular formula is C11H16O5S. The molecule has 0 bridgehead atoms. The molecule has 0 atom stereocenters. The zero-order valence-corrected chi connectivity index (χ0v) is 10.8. The van der Waals surface area contributed by atoms with Crippen molar-refractivity contribution in [1.82, 2.24) is 0 Å². The Morgan fingerprint density at radius 2 is 1.76 bits per heavy atom. The number of hydrogen-bond donors (Lipinski definition) is 0. The molecule has 96 valence electrons. The lowest BCUT2D eigenvalue weighted by molar-refractivity contribution is -0.139. The van der Waals surface area contributed by atoms with Gasteiger partial charge in [-0.05, 0) is 26.7 Å². The number of carbonyl (C=O) groups is 2. The van der Waals surface area contributed by atoms with Gasteiger partial charge in [-0.15, -0.1) is 0 Å². The van der Waals surface area contributed by atoms with Crippen molar-refractivity contribution in [2.24, 2.45) is 0 Å². The third-order valence-electron chi connectivity index (χ3n) is 2.61. The standard InChI is InChI=1S/C11H16O5S/c1-3-16-11(13)10(8(2)12)9-4-6-17(14,15)7-5-9/h3-7H2,1-2H3. The Morgan fingerprint density at radius 3 is 2.18 bits per heavy atom. The lowest BCUT2D eigenvalue weighted by Crippen LogP contribution is -2.23. The monoisotopic (exact) mass is 260 g/mol. The van der Waals surface area contributed by atoms with Crippen LogP contribution in [0.2, 0.25) is 0 Å². The maximum atomic E-state index is 11.6. The van der Waals surface area contributed by atoms with Crippen LogP contribution in [-0.4, -0.2) is 38.3 Å². The van der Waals surface area contributed by atoms with Crippen LogP contribution in [0, 0.1) is 0 Å². The van der Waals surface area contributed by atoms with Crippen molar-refractivity contribution in [3.05, 3.63) is 11.1 Å². The highest BCUT2D eigenvalue weighted by Crippen LogP contribution is 2.22. The molecule has 1 fully saturated rings. The number of carbonyl (C=O) groups excluding carboxylic acids is 2. The lowest BCUT2D eigenvalue weighted by atomic mass is 10.00. The molecule has 1 saturated heterocycles. The van der Waals surface area contributed by atoms with Gasteiger partial charge in [0, 0.05) is 0 Å². The molecule has 1 aliphatic rings. The summed E-state index contributed by atoms with van der Waals surface area (Å²) in [6.07, 6.45) is 0.492. The number of esters is 1. The van der Waals surface area contributed by atoms with Crippen molar-refractivity contribution in [3.8, 4) is 0 Å². The van der Waals surface area contributed by atoms with Gasteiger partial charge in [-0.25, -0.2) is 13.2 Å². The van der Waals surface area contributed by atoms with Gasteiger partial charge in [0.2, 0.25) is 0 Å². The van der Waals surface area contributed by atoms with Crippen LogP contribution in [0.4, 0.5) is 0 Å². The predicted molar refractivity (Wildman–Crippen MR) is 62.2 cm³/mol. The van der Waals surface area contributed by atoms with Gasteiger partial charge in [-0.2, -0.15) is 0 Å². The molecule has 0 N–H and O–H groups in total. The summed E-state index contributed by atoms with van der Waals surface area (Å²) in [6, 6.07) is 0. The minimum atomic E-state index is -3.01. The number of Topliss-reactive ketones (excluding diaryl/α,β-unsaturated/α-hetero) is 1. The number of sulfone groups is 1. The summed E-state index contributed by atoms with van der Waals surface area (Å²) in [5.74, 6) is -1.01. The molecule has 0 saturated carbocycles. The third-order valence-corrected chi connectivity index (χ3v) is 4.27. The van der Waals surface area contributed by atoms with Gasteiger partial charge in [-0.3, -0.25) is 4.79 Å². The van der Waals surface area contributed by atoms with Gasteiger partial charge in [0.25, 0.3) is 0 Å². The van der Waals surface area contributed by atoms with Gasteiger partial charge < -0.3 is 4.74 Å². The van der Waals surface area contributed by atoms with Crippen molar-refractivity contribution in [2.45, 2.75) is 26.7 Å². The van der Waals surface area contributed by atoms with E-state index in [1.807, 2.05) is 0 Å². The molecule has 0 amide bonds. The van der Waals surface area contributed by atoms with E-state index in [-0.39, 0.29) is 42.3 Å². The first kappa shape index (κ1) is 13.9. The summed E-state index contributed by atoms with van der Waals surface area (Å²) in [6.45, 7) is 3.15. The Kier molecular flexibility index (Phi) is 4.45. The lowest BCUT2D eigenvalue weighted by Gasteiger charge is -2.17. The number of ether oxygens (including phenoxy) is 1. The van der Waals surface area contributed by atoms with E-state index >= 15 is 0 Å². The topological polar surface area (TPSA) is 77.5 Å². The van der Waals surface area contributed by atoms with Crippen LogP contribution in [0.5, 0.6) is 0 Å². The van der Waals surface area contributed by atoms with Crippen molar-refractivity contribution < 1.29 is 22.7 Å². The van der Waals surface area contributed by atoms with E-state index in [1.54, 1.807) is 6.92 Å². The van der Waals surface area contributed by atoms with Gasteiger partial charge in [-0.1, -0.05) is 5.57 Å². The van der Waals surface area contributed by atoms with Gasteiger partial charge in [0.15, 0.2) is 15.6 Å². The molecule has 1 aliphatic heterocycles. The zero-order valence-electron chi connectivity index (χ0n) is 9.99. The minimum Gasteiger partial charge on any atom is -0.462 e. The van der Waals surface area contributed by atoms with E-state index in [0.717, 1.165) is 0 Å². The summed E-state index contributed by atoms with van der Waals surface area (Å²) in [5.41, 5.74) is 0.632. The van der Waals surface area contributed by atoms with Gasteiger partial charge >= 0.3 is 5.97 Å². The molecule has 0 aliphatic carbocycles. The Morgan fingerprint density at radius 1 is 1.24 bits per heavy atom. The molecule has 6 heteroatoms. The zero-order chi connectivity index (χ0) is 13.1. The van der Waals surface area contributed by atoms with Gasteiger partial charge in [0.05, 0.1) is 18.1 Å². The quantitative estimate of drug-likeness (QED) is 0.322. The number of rotatable bonds is 3. The summed E-state index contributed by atoms with van der Waals surface area (Å²) < 4.78 is 27.3. The van der Waals surface area contributed by atoms with E-state index in [9.17, 15) is 18.0 Å². The third kappa shape index (κ3) is 3.66. The molecule has 0 aromatic rings. The van der Waals surface area contributed by atoms with Crippen molar-refractivity contribution in [2.75, 3.05) is 18.1 Å². The van der Waals surface area contributed by atoms with Crippen molar-refractivity contribution in [1.29, 1.82) is 0 Å². The summed E-state index contributed by atoms with van der Waals surface area (Å²) in [7, 11) is -3.01. The second kappa shape index (κ2) is 5.44. The summed E-state index contributed by atoms with van der Waals surface area (Å²) >= 11 is 0. The average Bonchev–Trinajstić information content (AvgIpc) is 2.21. The van der Waals surface area contributed by atoms with Crippen LogP contribution in [0.1, 0.15) is 26.7 Å². The van der Waals surface area contributed by atoms with E-state index in [1.165, 1.54) is 6.92 Å². The first-order valence-electron chi connectivity index (χ1n) is 5.48. The highest BCUT2D eigenvalue weighted by atomic mass is 32.2. The average molecular weight is 260 g/mol. The van der Waals surface area contributed by atoms with Crippen LogP contribution >= 0.6 is 0 Å². The second-order valence-electron chi connectivity index (χ2n) is 3.91. The molecule has 0 aromatic carbocycles. The highest BCUT2D eigenvalue weighted by molar-refractivity contribution is 7.91. The molecule has 0 spiro atoms. The van der Waals surface area contributed by atoms with E-state index < -0.39 is 15.8 Å². The molecule has 1 rings (SSSR count). The van der Waals surface area contributed by atoms with Crippen LogP contribution in [0.15, 0.2) is 11.1 Å². The largest absolute Gasteiger partial charge is 0.462 e. The Balaban J connectivity index is 2.98. The molecule has 1 heterocycles. The fourth-order valence-electron chi connectivity index (χ4n) is 1.77. The molecule has 0 aromatic heterocycles. The number of allylic oxidation sites excluding steroid dienone is 1. The van der Waals surface area contributed by atoms with E-state index in [0.29, 0.717) is 5.57 Å². The van der Waals surface area contributed by atoms with Crippen molar-refractivity contribution >= 4 is 21.6 Å². The van der Waals surface area contributed by atoms with E-state index in [4.69, 9.17) is 4.74 Å². The maximum absolute atomic E-state index is 11.6. The van der Waals surface area contributed by atoms with Crippen molar-refractivity contribution in [3.63, 3.8) is 0 Å². The molecule has 0 radical (unpaired) electrons. The normalized spacial score (nSPS) is 18.6. The fraction of sp³-hybridized carbons (Fsp3) is 0.636. The summed E-state index contributed by atoms with van der Waals surface area (Å²) in [4.78, 5) is 23.0. The Bertz CT molecular complexity index is 442. The van der Waals surface area contributed by atoms with Gasteiger partial charge in [0.1, 0.15) is 5.57 Å². The molecule has 17 heavy (non-hydrogen) atoms. The Hall–Kier alpha value is -1.17. The van der Waals surface area contributed by atoms with Crippen LogP contribution in [-0.2, 0) is 24.2 Å². The first-order valence-corrected chi connectivity index (χ1v) is 7.30. The maximum Gasteiger partial charge on any atom is 0.341 e. The predicted octanol–water partition coefficient (Wildman–Crippen LogP) is 0.644. The first-order chi connectivity index (χ1) is 7.87. The minimum absolute atomic E-state index is 0.00147. The smallest absolute Gasteiger partial charge is 0.341 e. The van der Waals surface area contributed by atoms with E-state index in [2.05, 4.69) is 0 Å². The Labute approximate surface area is 101 Å². The highest BCUT2D eigenvalue weighted by Gasteiger charge is 2.26. The van der Waals surface area contributed by atoms with Crippen LogP contribution in [0.25, 0.3) is 0 Å². The number of ketones is 1.